The van der Waals surface area contributed by atoms with Crippen LogP contribution >= 0.6 is 0 Å². The average molecular weight is 186 g/mol. The van der Waals surface area contributed by atoms with Crippen LogP contribution in [0, 0.1) is 5.41 Å². The lowest BCUT2D eigenvalue weighted by Gasteiger charge is -2.28. The number of ether oxygens (including phenoxy) is 1. The summed E-state index contributed by atoms with van der Waals surface area (Å²) in [6.45, 7) is 4.31. The summed E-state index contributed by atoms with van der Waals surface area (Å²) >= 11 is 0. The fourth-order valence-electron chi connectivity index (χ4n) is 1.62. The van der Waals surface area contributed by atoms with Crippen molar-refractivity contribution in [3.8, 4) is 0 Å². The van der Waals surface area contributed by atoms with E-state index in [9.17, 15) is 4.79 Å². The van der Waals surface area contributed by atoms with Crippen LogP contribution in [0.3, 0.4) is 0 Å². The number of rotatable bonds is 3. The van der Waals surface area contributed by atoms with Gasteiger partial charge in [0.05, 0.1) is 11.5 Å². The summed E-state index contributed by atoms with van der Waals surface area (Å²) in [7, 11) is 0. The Morgan fingerprint density at radius 1 is 1.54 bits per heavy atom. The van der Waals surface area contributed by atoms with E-state index in [1.807, 2.05) is 0 Å². The molecular formula is C10H18O3. The second-order valence-electron chi connectivity index (χ2n) is 4.38. The van der Waals surface area contributed by atoms with Gasteiger partial charge in [0, 0.05) is 6.61 Å². The fourth-order valence-corrected chi connectivity index (χ4v) is 1.62. The molecule has 0 aromatic rings. The van der Waals surface area contributed by atoms with Gasteiger partial charge in [-0.25, -0.2) is 0 Å². The predicted octanol–water partition coefficient (Wildman–Crippen LogP) is 2.06. The van der Waals surface area contributed by atoms with Crippen molar-refractivity contribution in [2.75, 3.05) is 6.61 Å². The van der Waals surface area contributed by atoms with Crippen molar-refractivity contribution >= 4 is 5.97 Å². The molecule has 3 heteroatoms. The number of aliphatic carboxylic acids is 1. The lowest BCUT2D eigenvalue weighted by molar-refractivity contribution is -0.149. The van der Waals surface area contributed by atoms with Crippen LogP contribution in [0.25, 0.3) is 0 Å². The molecular weight excluding hydrogens is 168 g/mol. The summed E-state index contributed by atoms with van der Waals surface area (Å²) in [5.41, 5.74) is -0.651. The minimum Gasteiger partial charge on any atom is -0.481 e. The smallest absolute Gasteiger partial charge is 0.309 e. The van der Waals surface area contributed by atoms with Crippen molar-refractivity contribution in [3.05, 3.63) is 0 Å². The fraction of sp³-hybridized carbons (Fsp3) is 0.900. The Bertz CT molecular complexity index is 181. The first-order valence-electron chi connectivity index (χ1n) is 4.87. The number of hydrogen-bond donors (Lipinski definition) is 1. The molecule has 3 nitrogen and oxygen atoms in total. The SMILES string of the molecule is CC(C)(CC1CCCCO1)C(=O)O. The van der Waals surface area contributed by atoms with E-state index < -0.39 is 11.4 Å². The van der Waals surface area contributed by atoms with Crippen LogP contribution in [0.1, 0.15) is 39.5 Å². The maximum atomic E-state index is 10.8. The molecule has 1 saturated heterocycles. The summed E-state index contributed by atoms with van der Waals surface area (Å²) in [5, 5.41) is 8.92. The maximum Gasteiger partial charge on any atom is 0.309 e. The van der Waals surface area contributed by atoms with Crippen LogP contribution in [0.15, 0.2) is 0 Å². The van der Waals surface area contributed by atoms with Gasteiger partial charge in [0.25, 0.3) is 0 Å². The lowest BCUT2D eigenvalue weighted by Crippen LogP contribution is -2.31. The van der Waals surface area contributed by atoms with Crippen LogP contribution in [-0.4, -0.2) is 23.8 Å². The second kappa shape index (κ2) is 4.09. The number of hydrogen-bond acceptors (Lipinski definition) is 2. The van der Waals surface area contributed by atoms with Crippen molar-refractivity contribution in [2.45, 2.75) is 45.6 Å². The molecule has 0 spiro atoms. The molecule has 1 atom stereocenters. The normalized spacial score (nSPS) is 24.3. The number of carboxylic acid groups (broad SMARTS) is 1. The van der Waals surface area contributed by atoms with Crippen LogP contribution in [-0.2, 0) is 9.53 Å². The molecule has 76 valence electrons. The van der Waals surface area contributed by atoms with Gasteiger partial charge >= 0.3 is 5.97 Å². The molecule has 1 unspecified atom stereocenters. The Labute approximate surface area is 79.1 Å². The number of carbonyl (C=O) groups is 1. The standard InChI is InChI=1S/C10H18O3/c1-10(2,9(11)12)7-8-5-3-4-6-13-8/h8H,3-7H2,1-2H3,(H,11,12). The molecule has 0 radical (unpaired) electrons. The Morgan fingerprint density at radius 3 is 2.69 bits per heavy atom. The first kappa shape index (κ1) is 10.5. The molecule has 0 bridgehead atoms. The highest BCUT2D eigenvalue weighted by Gasteiger charge is 2.31. The van der Waals surface area contributed by atoms with Crippen LogP contribution in [0.4, 0.5) is 0 Å². The van der Waals surface area contributed by atoms with E-state index in [4.69, 9.17) is 9.84 Å². The predicted molar refractivity (Wildman–Crippen MR) is 49.6 cm³/mol. The molecule has 0 aromatic carbocycles. The molecule has 1 aliphatic rings. The van der Waals surface area contributed by atoms with Crippen molar-refractivity contribution < 1.29 is 14.6 Å². The highest BCUT2D eigenvalue weighted by Crippen LogP contribution is 2.28. The molecule has 1 rings (SSSR count). The van der Waals surface area contributed by atoms with Gasteiger partial charge in [-0.1, -0.05) is 0 Å². The van der Waals surface area contributed by atoms with Gasteiger partial charge < -0.3 is 9.84 Å². The molecule has 0 aromatic heterocycles. The molecule has 1 fully saturated rings. The van der Waals surface area contributed by atoms with Gasteiger partial charge in [0.15, 0.2) is 0 Å². The first-order chi connectivity index (χ1) is 6.02. The zero-order valence-electron chi connectivity index (χ0n) is 8.38. The first-order valence-corrected chi connectivity index (χ1v) is 4.87. The molecule has 0 aliphatic carbocycles. The summed E-state index contributed by atoms with van der Waals surface area (Å²) < 4.78 is 5.50. The Balaban J connectivity index is 2.41. The quantitative estimate of drug-likeness (QED) is 0.733. The zero-order chi connectivity index (χ0) is 9.90. The van der Waals surface area contributed by atoms with Gasteiger partial charge in [-0.15, -0.1) is 0 Å². The summed E-state index contributed by atoms with van der Waals surface area (Å²) in [5.74, 6) is -0.735. The topological polar surface area (TPSA) is 46.5 Å². The van der Waals surface area contributed by atoms with Gasteiger partial charge in [0.2, 0.25) is 0 Å². The van der Waals surface area contributed by atoms with Crippen molar-refractivity contribution in [1.82, 2.24) is 0 Å². The van der Waals surface area contributed by atoms with E-state index in [1.165, 1.54) is 6.42 Å². The van der Waals surface area contributed by atoms with Crippen LogP contribution < -0.4 is 0 Å². The van der Waals surface area contributed by atoms with Gasteiger partial charge in [-0.05, 0) is 39.5 Å². The zero-order valence-corrected chi connectivity index (χ0v) is 8.38. The van der Waals surface area contributed by atoms with E-state index >= 15 is 0 Å². The Morgan fingerprint density at radius 2 is 2.23 bits per heavy atom. The van der Waals surface area contributed by atoms with Crippen molar-refractivity contribution in [2.24, 2.45) is 5.41 Å². The molecule has 13 heavy (non-hydrogen) atoms. The summed E-state index contributed by atoms with van der Waals surface area (Å²) in [6, 6.07) is 0. The summed E-state index contributed by atoms with van der Waals surface area (Å²) in [4.78, 5) is 10.8. The largest absolute Gasteiger partial charge is 0.481 e. The van der Waals surface area contributed by atoms with Crippen molar-refractivity contribution in [1.29, 1.82) is 0 Å². The Hall–Kier alpha value is -0.570. The molecule has 1 heterocycles. The highest BCUT2D eigenvalue weighted by molar-refractivity contribution is 5.73. The van der Waals surface area contributed by atoms with E-state index in [1.54, 1.807) is 13.8 Å². The molecule has 0 saturated carbocycles. The maximum absolute atomic E-state index is 10.8. The van der Waals surface area contributed by atoms with Gasteiger partial charge in [-0.2, -0.15) is 0 Å². The van der Waals surface area contributed by atoms with E-state index in [2.05, 4.69) is 0 Å². The molecule has 0 amide bonds. The van der Waals surface area contributed by atoms with E-state index in [0.717, 1.165) is 19.4 Å². The van der Waals surface area contributed by atoms with Crippen LogP contribution in [0.2, 0.25) is 0 Å². The second-order valence-corrected chi connectivity index (χ2v) is 4.38. The molecule has 1 aliphatic heterocycles. The minimum absolute atomic E-state index is 0.153. The minimum atomic E-state index is -0.735. The van der Waals surface area contributed by atoms with Gasteiger partial charge in [0.1, 0.15) is 0 Å². The number of carboxylic acids is 1. The third kappa shape index (κ3) is 2.99. The third-order valence-electron chi connectivity index (χ3n) is 2.59. The average Bonchev–Trinajstić information content (AvgIpc) is 2.05. The van der Waals surface area contributed by atoms with Gasteiger partial charge in [-0.3, -0.25) is 4.79 Å². The Kier molecular flexibility index (Phi) is 3.31. The van der Waals surface area contributed by atoms with E-state index in [0.29, 0.717) is 6.42 Å². The van der Waals surface area contributed by atoms with Crippen LogP contribution in [0.5, 0.6) is 0 Å². The van der Waals surface area contributed by atoms with Crippen molar-refractivity contribution in [3.63, 3.8) is 0 Å². The summed E-state index contributed by atoms with van der Waals surface area (Å²) in [6.07, 6.45) is 4.07. The third-order valence-corrected chi connectivity index (χ3v) is 2.59. The highest BCUT2D eigenvalue weighted by atomic mass is 16.5. The monoisotopic (exact) mass is 186 g/mol. The molecule has 1 N–H and O–H groups in total. The van der Waals surface area contributed by atoms with E-state index in [-0.39, 0.29) is 6.10 Å². The lowest BCUT2D eigenvalue weighted by atomic mass is 9.85.